The Labute approximate surface area is 103 Å². The molecule has 94 valence electrons. The Hall–Kier alpha value is -1.35. The lowest BCUT2D eigenvalue weighted by Crippen LogP contribution is -1.95. The molecule has 0 bridgehead atoms. The van der Waals surface area contributed by atoms with Gasteiger partial charge in [-0.2, -0.15) is 0 Å². The van der Waals surface area contributed by atoms with Crippen molar-refractivity contribution in [3.05, 3.63) is 35.4 Å². The van der Waals surface area contributed by atoms with Crippen LogP contribution in [0, 0.1) is 6.92 Å². The predicted molar refractivity (Wildman–Crippen MR) is 70.2 cm³/mol. The predicted octanol–water partition coefficient (Wildman–Crippen LogP) is 3.31. The van der Waals surface area contributed by atoms with Gasteiger partial charge in [0.25, 0.3) is 0 Å². The van der Waals surface area contributed by atoms with E-state index in [-0.39, 0.29) is 0 Å². The maximum atomic E-state index is 5.59. The van der Waals surface area contributed by atoms with Gasteiger partial charge in [0.05, 0.1) is 6.61 Å². The van der Waals surface area contributed by atoms with Crippen LogP contribution in [-0.2, 0) is 16.2 Å². The summed E-state index contributed by atoms with van der Waals surface area (Å²) < 4.78 is 5.59. The van der Waals surface area contributed by atoms with Gasteiger partial charge in [-0.05, 0) is 31.7 Å². The number of aryl methyl sites for hydroxylation is 1. The van der Waals surface area contributed by atoms with E-state index in [1.807, 2.05) is 0 Å². The van der Waals surface area contributed by atoms with Crippen molar-refractivity contribution in [2.75, 3.05) is 13.7 Å². The standard InChI is InChI=1S/C14H21NO2/c1-13-6-8-14(9-7-13)12-17-11-5-3-4-10-15-16-2/h6-10H,3-5,11-12H2,1-2H3. The lowest BCUT2D eigenvalue weighted by atomic mass is 10.2. The SMILES string of the molecule is CON=CCCCCOCc1ccc(C)cc1. The molecule has 0 heterocycles. The Morgan fingerprint density at radius 1 is 1.18 bits per heavy atom. The molecule has 0 aromatic heterocycles. The molecule has 1 aromatic carbocycles. The van der Waals surface area contributed by atoms with Crippen LogP contribution in [0.25, 0.3) is 0 Å². The maximum Gasteiger partial charge on any atom is 0.106 e. The fourth-order valence-corrected chi connectivity index (χ4v) is 1.44. The van der Waals surface area contributed by atoms with E-state index in [1.54, 1.807) is 13.3 Å². The highest BCUT2D eigenvalue weighted by atomic mass is 16.6. The molecule has 0 aliphatic rings. The van der Waals surface area contributed by atoms with Crippen LogP contribution in [0.4, 0.5) is 0 Å². The molecule has 3 nitrogen and oxygen atoms in total. The molecule has 0 N–H and O–H groups in total. The Morgan fingerprint density at radius 2 is 1.94 bits per heavy atom. The van der Waals surface area contributed by atoms with E-state index in [2.05, 4.69) is 41.2 Å². The monoisotopic (exact) mass is 235 g/mol. The zero-order valence-corrected chi connectivity index (χ0v) is 10.7. The van der Waals surface area contributed by atoms with Gasteiger partial charge in [0.1, 0.15) is 7.11 Å². The highest BCUT2D eigenvalue weighted by Gasteiger charge is 1.93. The third kappa shape index (κ3) is 6.74. The van der Waals surface area contributed by atoms with Crippen molar-refractivity contribution in [1.82, 2.24) is 0 Å². The minimum Gasteiger partial charge on any atom is -0.399 e. The molecule has 1 aromatic rings. The average Bonchev–Trinajstić information content (AvgIpc) is 2.35. The number of oxime groups is 1. The van der Waals surface area contributed by atoms with Crippen LogP contribution >= 0.6 is 0 Å². The first-order chi connectivity index (χ1) is 8.33. The molecule has 0 aliphatic heterocycles. The molecular weight excluding hydrogens is 214 g/mol. The molecule has 0 saturated carbocycles. The van der Waals surface area contributed by atoms with E-state index in [1.165, 1.54) is 11.1 Å². The molecule has 0 saturated heterocycles. The number of unbranched alkanes of at least 4 members (excludes halogenated alkanes) is 2. The van der Waals surface area contributed by atoms with Crippen molar-refractivity contribution in [1.29, 1.82) is 0 Å². The lowest BCUT2D eigenvalue weighted by Gasteiger charge is -2.04. The summed E-state index contributed by atoms with van der Waals surface area (Å²) in [5.41, 5.74) is 2.52. The molecule has 3 heteroatoms. The van der Waals surface area contributed by atoms with Crippen LogP contribution < -0.4 is 0 Å². The molecule has 0 spiro atoms. The summed E-state index contributed by atoms with van der Waals surface area (Å²) in [7, 11) is 1.56. The zero-order chi connectivity index (χ0) is 12.3. The minimum absolute atomic E-state index is 0.701. The van der Waals surface area contributed by atoms with Crippen LogP contribution in [0.5, 0.6) is 0 Å². The second kappa shape index (κ2) is 8.76. The van der Waals surface area contributed by atoms with Gasteiger partial charge < -0.3 is 9.57 Å². The Morgan fingerprint density at radius 3 is 2.65 bits per heavy atom. The van der Waals surface area contributed by atoms with Crippen molar-refractivity contribution in [2.24, 2.45) is 5.16 Å². The summed E-state index contributed by atoms with van der Waals surface area (Å²) in [6, 6.07) is 8.45. The number of hydrogen-bond acceptors (Lipinski definition) is 3. The number of hydrogen-bond donors (Lipinski definition) is 0. The average molecular weight is 235 g/mol. The van der Waals surface area contributed by atoms with Gasteiger partial charge >= 0.3 is 0 Å². The van der Waals surface area contributed by atoms with E-state index in [4.69, 9.17) is 4.74 Å². The summed E-state index contributed by atoms with van der Waals surface area (Å²) in [5, 5.41) is 3.68. The van der Waals surface area contributed by atoms with Gasteiger partial charge in [0, 0.05) is 12.8 Å². The van der Waals surface area contributed by atoms with Crippen LogP contribution in [0.3, 0.4) is 0 Å². The van der Waals surface area contributed by atoms with Gasteiger partial charge in [-0.3, -0.25) is 0 Å². The van der Waals surface area contributed by atoms with Gasteiger partial charge in [-0.15, -0.1) is 0 Å². The second-order valence-corrected chi connectivity index (χ2v) is 4.00. The molecule has 0 fully saturated rings. The van der Waals surface area contributed by atoms with Crippen LogP contribution in [0.2, 0.25) is 0 Å². The van der Waals surface area contributed by atoms with Crippen molar-refractivity contribution in [3.63, 3.8) is 0 Å². The highest BCUT2D eigenvalue weighted by Crippen LogP contribution is 2.05. The van der Waals surface area contributed by atoms with Crippen molar-refractivity contribution in [3.8, 4) is 0 Å². The Balaban J connectivity index is 2.01. The van der Waals surface area contributed by atoms with E-state index in [9.17, 15) is 0 Å². The summed E-state index contributed by atoms with van der Waals surface area (Å²) in [4.78, 5) is 4.58. The molecule has 0 unspecified atom stereocenters. The smallest absolute Gasteiger partial charge is 0.106 e. The second-order valence-electron chi connectivity index (χ2n) is 4.00. The van der Waals surface area contributed by atoms with E-state index < -0.39 is 0 Å². The molecule has 1 rings (SSSR count). The van der Waals surface area contributed by atoms with Gasteiger partial charge in [0.15, 0.2) is 0 Å². The summed E-state index contributed by atoms with van der Waals surface area (Å²) in [5.74, 6) is 0. The first-order valence-corrected chi connectivity index (χ1v) is 6.01. The van der Waals surface area contributed by atoms with E-state index >= 15 is 0 Å². The fraction of sp³-hybridized carbons (Fsp3) is 0.500. The van der Waals surface area contributed by atoms with Crippen LogP contribution in [0.1, 0.15) is 30.4 Å². The van der Waals surface area contributed by atoms with Gasteiger partial charge in [-0.25, -0.2) is 0 Å². The first kappa shape index (κ1) is 13.7. The van der Waals surface area contributed by atoms with Crippen molar-refractivity contribution < 1.29 is 9.57 Å². The highest BCUT2D eigenvalue weighted by molar-refractivity contribution is 5.55. The number of nitrogens with zero attached hydrogens (tertiary/aromatic N) is 1. The van der Waals surface area contributed by atoms with Gasteiger partial charge in [-0.1, -0.05) is 35.0 Å². The third-order valence-corrected chi connectivity index (χ3v) is 2.44. The number of ether oxygens (including phenoxy) is 1. The molecular formula is C14H21NO2. The number of rotatable bonds is 8. The molecule has 0 radical (unpaired) electrons. The normalized spacial score (nSPS) is 10.9. The topological polar surface area (TPSA) is 30.8 Å². The molecule has 17 heavy (non-hydrogen) atoms. The van der Waals surface area contributed by atoms with E-state index in [0.29, 0.717) is 6.61 Å². The fourth-order valence-electron chi connectivity index (χ4n) is 1.44. The molecule has 0 atom stereocenters. The Kier molecular flexibility index (Phi) is 7.07. The van der Waals surface area contributed by atoms with Crippen LogP contribution in [-0.4, -0.2) is 19.9 Å². The quantitative estimate of drug-likeness (QED) is 0.393. The summed E-state index contributed by atoms with van der Waals surface area (Å²) >= 11 is 0. The molecule has 0 amide bonds. The van der Waals surface area contributed by atoms with E-state index in [0.717, 1.165) is 25.9 Å². The number of benzene rings is 1. The summed E-state index contributed by atoms with van der Waals surface area (Å²) in [6.07, 6.45) is 4.88. The van der Waals surface area contributed by atoms with Crippen molar-refractivity contribution >= 4 is 6.21 Å². The Bertz CT molecular complexity index is 319. The first-order valence-electron chi connectivity index (χ1n) is 6.01. The lowest BCUT2D eigenvalue weighted by molar-refractivity contribution is 0.117. The third-order valence-electron chi connectivity index (χ3n) is 2.44. The molecule has 0 aliphatic carbocycles. The zero-order valence-electron chi connectivity index (χ0n) is 10.7. The van der Waals surface area contributed by atoms with Crippen molar-refractivity contribution in [2.45, 2.75) is 32.8 Å². The summed E-state index contributed by atoms with van der Waals surface area (Å²) in [6.45, 7) is 3.59. The minimum atomic E-state index is 0.701. The van der Waals surface area contributed by atoms with Crippen LogP contribution in [0.15, 0.2) is 29.4 Å². The maximum absolute atomic E-state index is 5.59. The largest absolute Gasteiger partial charge is 0.399 e. The van der Waals surface area contributed by atoms with Gasteiger partial charge in [0.2, 0.25) is 0 Å².